The molecule has 1 atom stereocenters. The Labute approximate surface area is 148 Å². The summed E-state index contributed by atoms with van der Waals surface area (Å²) >= 11 is 0. The summed E-state index contributed by atoms with van der Waals surface area (Å²) in [5, 5.41) is 11.8. The summed E-state index contributed by atoms with van der Waals surface area (Å²) in [6.45, 7) is 4.61. The van der Waals surface area contributed by atoms with Crippen LogP contribution in [0.2, 0.25) is 0 Å². The average Bonchev–Trinajstić information content (AvgIpc) is 2.60. The van der Waals surface area contributed by atoms with Crippen molar-refractivity contribution in [3.05, 3.63) is 29.8 Å². The van der Waals surface area contributed by atoms with Crippen LogP contribution >= 0.6 is 0 Å². The van der Waals surface area contributed by atoms with Crippen molar-refractivity contribution in [2.75, 3.05) is 39.9 Å². The highest BCUT2D eigenvalue weighted by molar-refractivity contribution is 5.88. The molecule has 138 valence electrons. The highest BCUT2D eigenvalue weighted by Gasteiger charge is 2.32. The molecule has 7 heteroatoms. The maximum absolute atomic E-state index is 12.3. The van der Waals surface area contributed by atoms with E-state index in [2.05, 4.69) is 5.32 Å². The number of amides is 2. The number of hydrogen-bond acceptors (Lipinski definition) is 5. The molecule has 2 rings (SSSR count). The molecule has 25 heavy (non-hydrogen) atoms. The van der Waals surface area contributed by atoms with Crippen LogP contribution in [0.15, 0.2) is 24.3 Å². The molecule has 1 heterocycles. The van der Waals surface area contributed by atoms with E-state index < -0.39 is 6.04 Å². The molecule has 1 aromatic rings. The maximum atomic E-state index is 12.3. The SMILES string of the molecule is CCOc1ccc(CN2CCNC(=O)C2CC(=O)N(C)CCO)cc1. The minimum Gasteiger partial charge on any atom is -0.494 e. The molecule has 1 unspecified atom stereocenters. The van der Waals surface area contributed by atoms with Crippen LogP contribution in [0, 0.1) is 0 Å². The fourth-order valence-corrected chi connectivity index (χ4v) is 2.86. The van der Waals surface area contributed by atoms with E-state index in [-0.39, 0.29) is 31.4 Å². The van der Waals surface area contributed by atoms with Crippen molar-refractivity contribution >= 4 is 11.8 Å². The van der Waals surface area contributed by atoms with E-state index >= 15 is 0 Å². The predicted octanol–water partition coefficient (Wildman–Crippen LogP) is 0.227. The zero-order valence-corrected chi connectivity index (χ0v) is 14.9. The summed E-state index contributed by atoms with van der Waals surface area (Å²) in [4.78, 5) is 28.0. The second kappa shape index (κ2) is 9.39. The van der Waals surface area contributed by atoms with Crippen LogP contribution in [0.4, 0.5) is 0 Å². The van der Waals surface area contributed by atoms with E-state index in [1.807, 2.05) is 36.1 Å². The average molecular weight is 349 g/mol. The van der Waals surface area contributed by atoms with Gasteiger partial charge in [0.2, 0.25) is 11.8 Å². The summed E-state index contributed by atoms with van der Waals surface area (Å²) in [7, 11) is 1.63. The Hall–Kier alpha value is -2.12. The standard InChI is InChI=1S/C18H27N3O4/c1-3-25-15-6-4-14(5-7-15)13-21-9-8-19-18(24)16(21)12-17(23)20(2)10-11-22/h4-7,16,22H,3,8-13H2,1-2H3,(H,19,24). The highest BCUT2D eigenvalue weighted by atomic mass is 16.5. The number of nitrogens with one attached hydrogen (secondary N) is 1. The molecule has 0 saturated carbocycles. The number of hydrogen-bond donors (Lipinski definition) is 2. The Bertz CT molecular complexity index is 576. The van der Waals surface area contributed by atoms with E-state index in [0.29, 0.717) is 26.2 Å². The van der Waals surface area contributed by atoms with Gasteiger partial charge in [0.15, 0.2) is 0 Å². The van der Waals surface area contributed by atoms with Crippen LogP contribution in [-0.2, 0) is 16.1 Å². The van der Waals surface area contributed by atoms with Crippen LogP contribution in [-0.4, -0.2) is 72.7 Å². The van der Waals surface area contributed by atoms with E-state index in [4.69, 9.17) is 9.84 Å². The lowest BCUT2D eigenvalue weighted by atomic mass is 10.1. The number of carbonyl (C=O) groups is 2. The Morgan fingerprint density at radius 1 is 1.40 bits per heavy atom. The number of nitrogens with zero attached hydrogens (tertiary/aromatic N) is 2. The van der Waals surface area contributed by atoms with Crippen molar-refractivity contribution in [3.63, 3.8) is 0 Å². The van der Waals surface area contributed by atoms with Gasteiger partial charge in [0.25, 0.3) is 0 Å². The monoisotopic (exact) mass is 349 g/mol. The van der Waals surface area contributed by atoms with Gasteiger partial charge in [-0.2, -0.15) is 0 Å². The number of aliphatic hydroxyl groups excluding tert-OH is 1. The number of likely N-dealkylation sites (N-methyl/N-ethyl adjacent to an activating group) is 1. The summed E-state index contributed by atoms with van der Waals surface area (Å²) in [5.41, 5.74) is 1.07. The molecule has 0 aliphatic carbocycles. The number of piperazine rings is 1. The Morgan fingerprint density at radius 2 is 2.12 bits per heavy atom. The molecule has 0 spiro atoms. The van der Waals surface area contributed by atoms with Crippen molar-refractivity contribution in [1.82, 2.24) is 15.1 Å². The van der Waals surface area contributed by atoms with Crippen molar-refractivity contribution in [1.29, 1.82) is 0 Å². The maximum Gasteiger partial charge on any atom is 0.237 e. The third-order valence-electron chi connectivity index (χ3n) is 4.29. The first kappa shape index (κ1) is 19.2. The van der Waals surface area contributed by atoms with Gasteiger partial charge in [0, 0.05) is 33.2 Å². The normalized spacial score (nSPS) is 17.9. The fourth-order valence-electron chi connectivity index (χ4n) is 2.86. The van der Waals surface area contributed by atoms with Gasteiger partial charge in [-0.1, -0.05) is 12.1 Å². The van der Waals surface area contributed by atoms with E-state index in [9.17, 15) is 9.59 Å². The highest BCUT2D eigenvalue weighted by Crippen LogP contribution is 2.17. The van der Waals surface area contributed by atoms with Crippen molar-refractivity contribution in [3.8, 4) is 5.75 Å². The lowest BCUT2D eigenvalue weighted by Crippen LogP contribution is -2.56. The molecule has 2 N–H and O–H groups in total. The molecule has 1 aromatic carbocycles. The second-order valence-corrected chi connectivity index (χ2v) is 6.10. The van der Waals surface area contributed by atoms with Gasteiger partial charge in [-0.05, 0) is 24.6 Å². The number of carbonyl (C=O) groups excluding carboxylic acids is 2. The minimum atomic E-state index is -0.492. The van der Waals surface area contributed by atoms with Crippen LogP contribution in [0.5, 0.6) is 5.75 Å². The first-order valence-electron chi connectivity index (χ1n) is 8.63. The van der Waals surface area contributed by atoms with Gasteiger partial charge in [0.1, 0.15) is 5.75 Å². The van der Waals surface area contributed by atoms with Crippen molar-refractivity contribution < 1.29 is 19.4 Å². The second-order valence-electron chi connectivity index (χ2n) is 6.10. The molecule has 7 nitrogen and oxygen atoms in total. The fraction of sp³-hybridized carbons (Fsp3) is 0.556. The predicted molar refractivity (Wildman–Crippen MR) is 94.2 cm³/mol. The Balaban J connectivity index is 2.03. The van der Waals surface area contributed by atoms with Gasteiger partial charge < -0.3 is 20.1 Å². The quantitative estimate of drug-likeness (QED) is 0.702. The van der Waals surface area contributed by atoms with E-state index in [1.54, 1.807) is 7.05 Å². The topological polar surface area (TPSA) is 82.1 Å². The van der Waals surface area contributed by atoms with Crippen LogP contribution in [0.1, 0.15) is 18.9 Å². The van der Waals surface area contributed by atoms with Gasteiger partial charge in [0.05, 0.1) is 25.7 Å². The molecular weight excluding hydrogens is 322 g/mol. The summed E-state index contributed by atoms with van der Waals surface area (Å²) in [6.07, 6.45) is 0.110. The molecule has 2 amide bonds. The molecule has 1 aliphatic heterocycles. The lowest BCUT2D eigenvalue weighted by Gasteiger charge is -2.35. The zero-order valence-electron chi connectivity index (χ0n) is 14.9. The van der Waals surface area contributed by atoms with Gasteiger partial charge in [-0.3, -0.25) is 14.5 Å². The third-order valence-corrected chi connectivity index (χ3v) is 4.29. The zero-order chi connectivity index (χ0) is 18.2. The lowest BCUT2D eigenvalue weighted by molar-refractivity contribution is -0.138. The molecular formula is C18H27N3O4. The smallest absolute Gasteiger partial charge is 0.237 e. The van der Waals surface area contributed by atoms with E-state index in [0.717, 1.165) is 11.3 Å². The minimum absolute atomic E-state index is 0.0883. The molecule has 1 fully saturated rings. The molecule has 1 aliphatic rings. The number of rotatable bonds is 8. The van der Waals surface area contributed by atoms with Crippen molar-refractivity contribution in [2.45, 2.75) is 25.9 Å². The summed E-state index contributed by atoms with van der Waals surface area (Å²) in [5.74, 6) is 0.552. The molecule has 0 bridgehead atoms. The Kier molecular flexibility index (Phi) is 7.21. The summed E-state index contributed by atoms with van der Waals surface area (Å²) in [6, 6.07) is 7.30. The first-order valence-corrected chi connectivity index (χ1v) is 8.63. The van der Waals surface area contributed by atoms with Crippen LogP contribution in [0.25, 0.3) is 0 Å². The molecule has 0 aromatic heterocycles. The van der Waals surface area contributed by atoms with Gasteiger partial charge in [-0.25, -0.2) is 0 Å². The first-order chi connectivity index (χ1) is 12.0. The Morgan fingerprint density at radius 3 is 2.76 bits per heavy atom. The van der Waals surface area contributed by atoms with Crippen LogP contribution < -0.4 is 10.1 Å². The van der Waals surface area contributed by atoms with Crippen molar-refractivity contribution in [2.24, 2.45) is 0 Å². The van der Waals surface area contributed by atoms with Gasteiger partial charge >= 0.3 is 0 Å². The third kappa shape index (κ3) is 5.44. The number of benzene rings is 1. The number of aliphatic hydroxyl groups is 1. The molecule has 0 radical (unpaired) electrons. The largest absolute Gasteiger partial charge is 0.494 e. The van der Waals surface area contributed by atoms with Gasteiger partial charge in [-0.15, -0.1) is 0 Å². The molecule has 1 saturated heterocycles. The van der Waals surface area contributed by atoms with Crippen LogP contribution in [0.3, 0.4) is 0 Å². The summed E-state index contributed by atoms with van der Waals surface area (Å²) < 4.78 is 5.44. The number of ether oxygens (including phenoxy) is 1. The van der Waals surface area contributed by atoms with E-state index in [1.165, 1.54) is 4.90 Å².